The molecular weight excluding hydrogens is 399 g/mol. The lowest BCUT2D eigenvalue weighted by Crippen LogP contribution is -2.53. The Hall–Kier alpha value is -2.75. The summed E-state index contributed by atoms with van der Waals surface area (Å²) in [5.74, 6) is -0.789. The summed E-state index contributed by atoms with van der Waals surface area (Å²) in [5.41, 5.74) is 0.671. The molecule has 3 aliphatic rings. The standard InChI is InChI=1S/C21H29BN4O5/c1-25-9-10-26(21(25)23)15-7-5-13(6-8-15)11-18(27)24-17-12-14-3-2-4-16(20(28)29)19(14)31-22(17)30/h2-4,13,15,17,23,30H,5-12H2,1H3,(H,24,27)(H,28,29)/t13?,15?,17-/m0/s1. The molecule has 4 N–H and O–H groups in total. The smallest absolute Gasteiger partial charge is 0.534 e. The number of hydrogen-bond acceptors (Lipinski definition) is 5. The van der Waals surface area contributed by atoms with E-state index in [0.29, 0.717) is 36.3 Å². The summed E-state index contributed by atoms with van der Waals surface area (Å²) in [6.45, 7) is 1.79. The molecule has 1 aromatic rings. The van der Waals surface area contributed by atoms with Crippen molar-refractivity contribution >= 4 is 25.0 Å². The first-order valence-corrected chi connectivity index (χ1v) is 10.9. The summed E-state index contributed by atoms with van der Waals surface area (Å²) in [6.07, 6.45) is 4.57. The first kappa shape index (κ1) is 21.5. The van der Waals surface area contributed by atoms with Gasteiger partial charge in [0, 0.05) is 32.6 Å². The van der Waals surface area contributed by atoms with Crippen LogP contribution in [0.1, 0.15) is 48.0 Å². The van der Waals surface area contributed by atoms with Crippen molar-refractivity contribution in [3.05, 3.63) is 29.3 Å². The third-order valence-corrected chi connectivity index (χ3v) is 6.74. The van der Waals surface area contributed by atoms with Crippen molar-refractivity contribution in [2.75, 3.05) is 20.1 Å². The lowest BCUT2D eigenvalue weighted by Gasteiger charge is -2.35. The number of nitrogens with one attached hydrogen (secondary N) is 2. The van der Waals surface area contributed by atoms with E-state index in [1.54, 1.807) is 12.1 Å². The number of nitrogens with zero attached hydrogens (tertiary/aromatic N) is 2. The fourth-order valence-electron chi connectivity index (χ4n) is 4.95. The number of fused-ring (bicyclic) bond motifs is 1. The van der Waals surface area contributed by atoms with Crippen LogP contribution in [0.3, 0.4) is 0 Å². The number of rotatable bonds is 5. The number of carboxylic acids is 1. The Morgan fingerprint density at radius 2 is 2.00 bits per heavy atom. The van der Waals surface area contributed by atoms with Crippen LogP contribution in [-0.4, -0.2) is 77.0 Å². The number of benzene rings is 1. The number of carboxylic acid groups (broad SMARTS) is 1. The van der Waals surface area contributed by atoms with Crippen molar-refractivity contribution in [3.8, 4) is 5.75 Å². The lowest BCUT2D eigenvalue weighted by molar-refractivity contribution is -0.122. The van der Waals surface area contributed by atoms with Crippen molar-refractivity contribution < 1.29 is 24.4 Å². The van der Waals surface area contributed by atoms with E-state index >= 15 is 0 Å². The molecule has 0 spiro atoms. The summed E-state index contributed by atoms with van der Waals surface area (Å²) < 4.78 is 5.45. The van der Waals surface area contributed by atoms with Gasteiger partial charge in [-0.05, 0) is 49.7 Å². The van der Waals surface area contributed by atoms with Crippen LogP contribution in [0.5, 0.6) is 5.75 Å². The van der Waals surface area contributed by atoms with Gasteiger partial charge in [-0.15, -0.1) is 0 Å². The quantitative estimate of drug-likeness (QED) is 0.515. The Morgan fingerprint density at radius 1 is 1.26 bits per heavy atom. The van der Waals surface area contributed by atoms with Gasteiger partial charge in [-0.2, -0.15) is 0 Å². The number of carbonyl (C=O) groups is 2. The molecular formula is C21H29BN4O5. The van der Waals surface area contributed by atoms with Gasteiger partial charge in [0.25, 0.3) is 0 Å². The number of amides is 1. The zero-order chi connectivity index (χ0) is 22.1. The Balaban J connectivity index is 1.28. The van der Waals surface area contributed by atoms with Crippen LogP contribution >= 0.6 is 0 Å². The molecule has 31 heavy (non-hydrogen) atoms. The SMILES string of the molecule is CN1CCN(C2CCC(CC(=O)N[C@H]3Cc4cccc(C(=O)O)c4OB3O)CC2)C1=N. The van der Waals surface area contributed by atoms with Gasteiger partial charge < -0.3 is 29.9 Å². The highest BCUT2D eigenvalue weighted by atomic mass is 16.5. The highest BCUT2D eigenvalue weighted by Crippen LogP contribution is 2.32. The number of para-hydroxylation sites is 1. The van der Waals surface area contributed by atoms with E-state index in [9.17, 15) is 19.7 Å². The van der Waals surface area contributed by atoms with Crippen LogP contribution in [0.2, 0.25) is 0 Å². The van der Waals surface area contributed by atoms with E-state index in [1.165, 1.54) is 6.07 Å². The van der Waals surface area contributed by atoms with Gasteiger partial charge in [0.15, 0.2) is 5.96 Å². The number of aromatic carboxylic acids is 1. The van der Waals surface area contributed by atoms with Crippen molar-refractivity contribution in [2.45, 2.75) is 50.5 Å². The van der Waals surface area contributed by atoms with Crippen LogP contribution in [0.4, 0.5) is 0 Å². The first-order chi connectivity index (χ1) is 14.8. The molecule has 0 bridgehead atoms. The molecule has 1 aromatic carbocycles. The second kappa shape index (κ2) is 8.78. The van der Waals surface area contributed by atoms with E-state index in [0.717, 1.165) is 38.8 Å². The van der Waals surface area contributed by atoms with Crippen LogP contribution in [0.15, 0.2) is 18.2 Å². The minimum atomic E-state index is -1.29. The highest BCUT2D eigenvalue weighted by Gasteiger charge is 2.38. The zero-order valence-electron chi connectivity index (χ0n) is 17.7. The molecule has 1 saturated heterocycles. The molecule has 1 aliphatic carbocycles. The van der Waals surface area contributed by atoms with Crippen LogP contribution in [0, 0.1) is 11.3 Å². The average molecular weight is 428 g/mol. The second-order valence-corrected chi connectivity index (χ2v) is 8.80. The maximum Gasteiger partial charge on any atom is 0.547 e. The van der Waals surface area contributed by atoms with Gasteiger partial charge in [-0.25, -0.2) is 4.79 Å². The number of guanidine groups is 1. The molecule has 4 rings (SSSR count). The summed E-state index contributed by atoms with van der Waals surface area (Å²) in [7, 11) is 0.661. The van der Waals surface area contributed by atoms with Gasteiger partial charge in [0.05, 0.1) is 11.5 Å². The van der Waals surface area contributed by atoms with Crippen LogP contribution in [-0.2, 0) is 11.2 Å². The average Bonchev–Trinajstić information content (AvgIpc) is 3.07. The van der Waals surface area contributed by atoms with Gasteiger partial charge in [-0.1, -0.05) is 12.1 Å². The number of carbonyl (C=O) groups excluding carboxylic acids is 1. The molecule has 2 heterocycles. The molecule has 0 aromatic heterocycles. The number of likely N-dealkylation sites (N-methyl/N-ethyl adjacent to an activating group) is 1. The van der Waals surface area contributed by atoms with Crippen molar-refractivity contribution in [1.29, 1.82) is 5.41 Å². The summed E-state index contributed by atoms with van der Waals surface area (Å²) in [6, 6.07) is 5.20. The van der Waals surface area contributed by atoms with Crippen molar-refractivity contribution in [2.24, 2.45) is 5.92 Å². The number of hydrogen-bond donors (Lipinski definition) is 4. The van der Waals surface area contributed by atoms with E-state index in [1.807, 2.05) is 11.9 Å². The Kier molecular flexibility index (Phi) is 6.09. The zero-order valence-corrected chi connectivity index (χ0v) is 17.7. The third kappa shape index (κ3) is 4.49. The van der Waals surface area contributed by atoms with Crippen molar-refractivity contribution in [3.63, 3.8) is 0 Å². The highest BCUT2D eigenvalue weighted by molar-refractivity contribution is 6.47. The molecule has 0 unspecified atom stereocenters. The Labute approximate surface area is 182 Å². The van der Waals surface area contributed by atoms with E-state index in [-0.39, 0.29) is 17.2 Å². The van der Waals surface area contributed by atoms with Crippen LogP contribution in [0.25, 0.3) is 0 Å². The topological polar surface area (TPSA) is 126 Å². The second-order valence-electron chi connectivity index (χ2n) is 8.80. The van der Waals surface area contributed by atoms with Gasteiger partial charge in [-0.3, -0.25) is 10.2 Å². The molecule has 10 heteroatoms. The predicted octanol–water partition coefficient (Wildman–Crippen LogP) is 0.955. The molecule has 1 saturated carbocycles. The molecule has 166 valence electrons. The molecule has 9 nitrogen and oxygen atoms in total. The normalized spacial score (nSPS) is 25.8. The Morgan fingerprint density at radius 3 is 2.65 bits per heavy atom. The predicted molar refractivity (Wildman–Crippen MR) is 115 cm³/mol. The van der Waals surface area contributed by atoms with Gasteiger partial charge in [0.2, 0.25) is 5.91 Å². The largest absolute Gasteiger partial charge is 0.547 e. The molecule has 0 radical (unpaired) electrons. The molecule has 2 aliphatic heterocycles. The molecule has 1 amide bonds. The fourth-order valence-corrected chi connectivity index (χ4v) is 4.95. The van der Waals surface area contributed by atoms with Gasteiger partial charge in [0.1, 0.15) is 5.75 Å². The van der Waals surface area contributed by atoms with E-state index in [2.05, 4.69) is 10.2 Å². The van der Waals surface area contributed by atoms with E-state index in [4.69, 9.17) is 10.1 Å². The monoisotopic (exact) mass is 428 g/mol. The minimum absolute atomic E-state index is 0.00960. The van der Waals surface area contributed by atoms with E-state index < -0.39 is 19.0 Å². The molecule has 2 fully saturated rings. The third-order valence-electron chi connectivity index (χ3n) is 6.74. The van der Waals surface area contributed by atoms with Crippen molar-refractivity contribution in [1.82, 2.24) is 15.1 Å². The first-order valence-electron chi connectivity index (χ1n) is 10.9. The summed E-state index contributed by atoms with van der Waals surface area (Å²) in [4.78, 5) is 28.1. The fraction of sp³-hybridized carbons (Fsp3) is 0.571. The molecule has 1 atom stereocenters. The maximum atomic E-state index is 12.6. The summed E-state index contributed by atoms with van der Waals surface area (Å²) in [5, 5.41) is 30.7. The lowest BCUT2D eigenvalue weighted by atomic mass is 9.72. The Bertz CT molecular complexity index is 873. The maximum absolute atomic E-state index is 12.6. The minimum Gasteiger partial charge on any atom is -0.534 e. The summed E-state index contributed by atoms with van der Waals surface area (Å²) >= 11 is 0. The van der Waals surface area contributed by atoms with Crippen LogP contribution < -0.4 is 9.97 Å². The van der Waals surface area contributed by atoms with Gasteiger partial charge >= 0.3 is 13.1 Å².